The number of methoxy groups -OCH3 is 1. The molecule has 0 aliphatic heterocycles. The van der Waals surface area contributed by atoms with Crippen LogP contribution in [0.25, 0.3) is 42.7 Å². The van der Waals surface area contributed by atoms with E-state index >= 15 is 0 Å². The number of nitrogens with zero attached hydrogens (tertiary/aromatic N) is 2. The van der Waals surface area contributed by atoms with Gasteiger partial charge in [0.25, 0.3) is 0 Å². The van der Waals surface area contributed by atoms with Crippen LogP contribution in [-0.2, 0) is 17.3 Å². The van der Waals surface area contributed by atoms with Crippen molar-refractivity contribution in [2.75, 3.05) is 7.11 Å². The zero-order valence-electron chi connectivity index (χ0n) is 23.2. The largest absolute Gasteiger partial charge is 0.497 e. The Balaban J connectivity index is 1.50. The minimum Gasteiger partial charge on any atom is -0.497 e. The van der Waals surface area contributed by atoms with E-state index in [9.17, 15) is 0 Å². The lowest BCUT2D eigenvalue weighted by atomic mass is 9.77. The molecule has 0 unspecified atom stereocenters. The van der Waals surface area contributed by atoms with Gasteiger partial charge in [0.15, 0.2) is 0 Å². The van der Waals surface area contributed by atoms with Gasteiger partial charge in [-0.2, -0.15) is 8.75 Å². The van der Waals surface area contributed by atoms with Crippen molar-refractivity contribution in [1.82, 2.24) is 8.75 Å². The Labute approximate surface area is 242 Å². The predicted octanol–water partition coefficient (Wildman–Crippen LogP) is 10.1. The number of thiophene rings is 2. The summed E-state index contributed by atoms with van der Waals surface area (Å²) in [6.45, 7) is 11.5. The zero-order valence-corrected chi connectivity index (χ0v) is 25.6. The van der Waals surface area contributed by atoms with Crippen molar-refractivity contribution >= 4 is 56.2 Å². The van der Waals surface area contributed by atoms with E-state index in [2.05, 4.69) is 101 Å². The molecular formula is C33H32N2OS3. The minimum atomic E-state index is -0.0967. The summed E-state index contributed by atoms with van der Waals surface area (Å²) >= 11 is 4.96. The van der Waals surface area contributed by atoms with Crippen LogP contribution in [0.3, 0.4) is 0 Å². The molecule has 0 atom stereocenters. The van der Waals surface area contributed by atoms with E-state index in [0.29, 0.717) is 0 Å². The molecule has 0 fully saturated rings. The van der Waals surface area contributed by atoms with Gasteiger partial charge in [0.05, 0.1) is 18.8 Å². The van der Waals surface area contributed by atoms with Crippen molar-refractivity contribution in [3.63, 3.8) is 0 Å². The van der Waals surface area contributed by atoms with Crippen LogP contribution in [0, 0.1) is 0 Å². The fraction of sp³-hybridized carbons (Fsp3) is 0.273. The van der Waals surface area contributed by atoms with Gasteiger partial charge >= 0.3 is 0 Å². The van der Waals surface area contributed by atoms with E-state index in [1.807, 2.05) is 17.4 Å². The topological polar surface area (TPSA) is 35.0 Å². The van der Waals surface area contributed by atoms with Gasteiger partial charge in [-0.15, -0.1) is 22.7 Å². The van der Waals surface area contributed by atoms with E-state index < -0.39 is 0 Å². The van der Waals surface area contributed by atoms with Crippen molar-refractivity contribution in [3.05, 3.63) is 88.1 Å². The Morgan fingerprint density at radius 1 is 0.795 bits per heavy atom. The molecule has 6 rings (SSSR count). The van der Waals surface area contributed by atoms with Crippen LogP contribution in [0.2, 0.25) is 0 Å². The lowest BCUT2D eigenvalue weighted by Gasteiger charge is -2.27. The average molecular weight is 569 g/mol. The van der Waals surface area contributed by atoms with E-state index in [4.69, 9.17) is 13.5 Å². The number of fused-ring (bicyclic) bond motifs is 2. The molecule has 0 aliphatic carbocycles. The summed E-state index contributed by atoms with van der Waals surface area (Å²) < 4.78 is 15.1. The van der Waals surface area contributed by atoms with Gasteiger partial charge in [0.1, 0.15) is 16.8 Å². The zero-order chi connectivity index (χ0) is 27.4. The van der Waals surface area contributed by atoms with Crippen LogP contribution in [-0.4, -0.2) is 15.9 Å². The predicted molar refractivity (Wildman–Crippen MR) is 170 cm³/mol. The monoisotopic (exact) mass is 568 g/mol. The lowest BCUT2D eigenvalue weighted by molar-refractivity contribution is 0.415. The summed E-state index contributed by atoms with van der Waals surface area (Å²) in [7, 11) is 1.72. The van der Waals surface area contributed by atoms with Crippen molar-refractivity contribution in [2.45, 2.75) is 51.9 Å². The number of aromatic nitrogens is 2. The Hall–Kier alpha value is -3.06. The average Bonchev–Trinajstić information content (AvgIpc) is 3.69. The van der Waals surface area contributed by atoms with Crippen LogP contribution < -0.4 is 4.74 Å². The van der Waals surface area contributed by atoms with Gasteiger partial charge in [0, 0.05) is 25.8 Å². The van der Waals surface area contributed by atoms with Gasteiger partial charge in [0.2, 0.25) is 0 Å². The third-order valence-electron chi connectivity index (χ3n) is 7.46. The fourth-order valence-corrected chi connectivity index (χ4v) is 7.71. The maximum Gasteiger partial charge on any atom is 0.119 e. The fourth-order valence-electron chi connectivity index (χ4n) is 5.25. The molecule has 39 heavy (non-hydrogen) atoms. The SMILES string of the molecule is COc1ccc2cc(C(C)(C)Cc3cc(-c4ccc(C(C)(C)C)s4)c4nsnc4c3-c3cccs3)ccc2c1. The van der Waals surface area contributed by atoms with Crippen molar-refractivity contribution in [2.24, 2.45) is 0 Å². The van der Waals surface area contributed by atoms with E-state index in [1.165, 1.54) is 59.4 Å². The number of hydrogen-bond acceptors (Lipinski definition) is 6. The first kappa shape index (κ1) is 26.2. The second kappa shape index (κ2) is 9.84. The molecule has 3 aromatic heterocycles. The first-order valence-electron chi connectivity index (χ1n) is 13.1. The molecule has 6 aromatic rings. The number of benzene rings is 3. The molecule has 0 N–H and O–H groups in total. The molecule has 6 heteroatoms. The first-order chi connectivity index (χ1) is 18.6. The Morgan fingerprint density at radius 2 is 1.56 bits per heavy atom. The highest BCUT2D eigenvalue weighted by Crippen LogP contribution is 2.44. The molecule has 0 saturated heterocycles. The van der Waals surface area contributed by atoms with Crippen LogP contribution in [0.1, 0.15) is 50.6 Å². The van der Waals surface area contributed by atoms with E-state index in [0.717, 1.165) is 23.2 Å². The highest BCUT2D eigenvalue weighted by molar-refractivity contribution is 7.15. The molecule has 0 amide bonds. The van der Waals surface area contributed by atoms with Crippen molar-refractivity contribution in [3.8, 4) is 26.6 Å². The first-order valence-corrected chi connectivity index (χ1v) is 15.6. The van der Waals surface area contributed by atoms with E-state index in [1.54, 1.807) is 18.4 Å². The molecule has 3 nitrogen and oxygen atoms in total. The standard InChI is InChI=1S/C33H32N2OS3/c1-32(2,3)28-14-13-26(38-28)25-18-22(29(27-8-7-15-37-27)31-30(25)34-39-35-31)19-33(4,5)23-11-9-21-17-24(36-6)12-10-20(21)16-23/h7-18H,19H2,1-6H3. The van der Waals surface area contributed by atoms with Crippen LogP contribution in [0.15, 0.2) is 72.1 Å². The molecule has 3 aromatic carbocycles. The highest BCUT2D eigenvalue weighted by Gasteiger charge is 2.27. The summed E-state index contributed by atoms with van der Waals surface area (Å²) in [6.07, 6.45) is 0.889. The summed E-state index contributed by atoms with van der Waals surface area (Å²) in [4.78, 5) is 3.89. The second-order valence-electron chi connectivity index (χ2n) is 11.8. The highest BCUT2D eigenvalue weighted by atomic mass is 32.1. The number of hydrogen-bond donors (Lipinski definition) is 0. The van der Waals surface area contributed by atoms with Gasteiger partial charge in [-0.1, -0.05) is 65.0 Å². The van der Waals surface area contributed by atoms with Gasteiger partial charge in [-0.05, 0) is 80.9 Å². The molecular weight excluding hydrogens is 537 g/mol. The van der Waals surface area contributed by atoms with E-state index in [-0.39, 0.29) is 10.8 Å². The molecule has 198 valence electrons. The smallest absolute Gasteiger partial charge is 0.119 e. The summed E-state index contributed by atoms with van der Waals surface area (Å²) in [5, 5.41) is 4.57. The Kier molecular flexibility index (Phi) is 6.61. The van der Waals surface area contributed by atoms with Crippen molar-refractivity contribution < 1.29 is 4.74 Å². The molecule has 0 saturated carbocycles. The van der Waals surface area contributed by atoms with Crippen LogP contribution in [0.5, 0.6) is 5.75 Å². The molecule has 0 bridgehead atoms. The number of rotatable bonds is 6. The molecule has 0 aliphatic rings. The van der Waals surface area contributed by atoms with Crippen LogP contribution >= 0.6 is 34.4 Å². The number of ether oxygens (including phenoxy) is 1. The maximum absolute atomic E-state index is 5.44. The van der Waals surface area contributed by atoms with Gasteiger partial charge < -0.3 is 4.74 Å². The minimum absolute atomic E-state index is 0.0967. The van der Waals surface area contributed by atoms with Crippen LogP contribution in [0.4, 0.5) is 0 Å². The third kappa shape index (κ3) is 4.90. The normalized spacial score (nSPS) is 12.5. The maximum atomic E-state index is 5.44. The molecule has 3 heterocycles. The lowest BCUT2D eigenvalue weighted by Crippen LogP contribution is -2.21. The van der Waals surface area contributed by atoms with Gasteiger partial charge in [-0.25, -0.2) is 0 Å². The van der Waals surface area contributed by atoms with Gasteiger partial charge in [-0.3, -0.25) is 0 Å². The third-order valence-corrected chi connectivity index (χ3v) is 10.4. The Bertz CT molecular complexity index is 1790. The summed E-state index contributed by atoms with van der Waals surface area (Å²) in [5.41, 5.74) is 7.10. The molecule has 0 spiro atoms. The summed E-state index contributed by atoms with van der Waals surface area (Å²) in [6, 6.07) is 24.4. The second-order valence-corrected chi connectivity index (χ2v) is 14.4. The van der Waals surface area contributed by atoms with Crippen molar-refractivity contribution in [1.29, 1.82) is 0 Å². The quantitative estimate of drug-likeness (QED) is 0.200. The Morgan fingerprint density at radius 3 is 2.28 bits per heavy atom. The summed E-state index contributed by atoms with van der Waals surface area (Å²) in [5.74, 6) is 0.885. The molecule has 0 radical (unpaired) electrons.